The quantitative estimate of drug-likeness (QED) is 0.134. The number of nitrogens with zero attached hydrogens (tertiary/aromatic N) is 1. The molecule has 3 aromatic carbocycles. The highest BCUT2D eigenvalue weighted by atomic mass is 79.9. The molecule has 0 aliphatic rings. The van der Waals surface area contributed by atoms with E-state index in [1.54, 1.807) is 18.2 Å². The summed E-state index contributed by atoms with van der Waals surface area (Å²) in [5.41, 5.74) is 1.32. The predicted octanol–water partition coefficient (Wildman–Crippen LogP) is 6.25. The molecule has 0 aliphatic carbocycles. The molecule has 8 nitrogen and oxygen atoms in total. The number of rotatable bonds is 10. The van der Waals surface area contributed by atoms with E-state index in [2.05, 4.69) is 15.9 Å². The Bertz CT molecular complexity index is 1250. The molecular weight excluding hydrogens is 538 g/mol. The molecule has 0 aliphatic heterocycles. The fraction of sp³-hybridized carbons (Fsp3) is 0.160. The molecule has 0 saturated carbocycles. The summed E-state index contributed by atoms with van der Waals surface area (Å²) in [6, 6.07) is 14.7. The summed E-state index contributed by atoms with van der Waals surface area (Å²) in [6.07, 6.45) is 1.58. The Morgan fingerprint density at radius 2 is 1.66 bits per heavy atom. The van der Waals surface area contributed by atoms with E-state index in [-0.39, 0.29) is 5.78 Å². The van der Waals surface area contributed by atoms with Gasteiger partial charge in [-0.05, 0) is 53.6 Å². The number of carbonyl (C=O) groups is 1. The number of thioether (sulfide) groups is 1. The van der Waals surface area contributed by atoms with Crippen molar-refractivity contribution in [3.8, 4) is 23.0 Å². The van der Waals surface area contributed by atoms with Crippen LogP contribution in [0, 0.1) is 10.1 Å². The lowest BCUT2D eigenvalue weighted by atomic mass is 10.1. The van der Waals surface area contributed by atoms with E-state index in [0.29, 0.717) is 39.0 Å². The van der Waals surface area contributed by atoms with Gasteiger partial charge in [-0.15, -0.1) is 11.8 Å². The number of ether oxygens (including phenoxy) is 3. The van der Waals surface area contributed by atoms with Gasteiger partial charge in [-0.3, -0.25) is 14.9 Å². The number of phenolic OH excluding ortho intramolecular Hbond substituents is 1. The second kappa shape index (κ2) is 11.8. The molecular formula is C25H22BrNO7S. The van der Waals surface area contributed by atoms with Crippen molar-refractivity contribution in [3.63, 3.8) is 0 Å². The molecule has 182 valence electrons. The Morgan fingerprint density at radius 1 is 1.03 bits per heavy atom. The first-order valence-corrected chi connectivity index (χ1v) is 12.0. The highest BCUT2D eigenvalue weighted by Crippen LogP contribution is 2.40. The van der Waals surface area contributed by atoms with Crippen molar-refractivity contribution in [2.24, 2.45) is 0 Å². The van der Waals surface area contributed by atoms with Crippen molar-refractivity contribution < 1.29 is 29.0 Å². The lowest BCUT2D eigenvalue weighted by molar-refractivity contribution is -0.385. The molecule has 3 aromatic rings. The van der Waals surface area contributed by atoms with Crippen molar-refractivity contribution in [2.45, 2.75) is 5.75 Å². The van der Waals surface area contributed by atoms with Gasteiger partial charge in [-0.25, -0.2) is 0 Å². The summed E-state index contributed by atoms with van der Waals surface area (Å²) < 4.78 is 17.0. The first kappa shape index (κ1) is 26.1. The lowest BCUT2D eigenvalue weighted by Crippen LogP contribution is -2.04. The van der Waals surface area contributed by atoms with Crippen molar-refractivity contribution in [3.05, 3.63) is 90.8 Å². The van der Waals surface area contributed by atoms with Crippen LogP contribution in [0.4, 0.5) is 5.69 Å². The molecule has 0 spiro atoms. The smallest absolute Gasteiger partial charge is 0.310 e. The third-order valence-electron chi connectivity index (χ3n) is 4.95. The first-order valence-electron chi connectivity index (χ1n) is 10.2. The maximum atomic E-state index is 13.6. The number of benzene rings is 3. The molecule has 0 bridgehead atoms. The highest BCUT2D eigenvalue weighted by Gasteiger charge is 2.21. The maximum Gasteiger partial charge on any atom is 0.310 e. The predicted molar refractivity (Wildman–Crippen MR) is 139 cm³/mol. The molecule has 0 saturated heterocycles. The number of nitro benzene ring substituents is 1. The molecule has 0 radical (unpaired) electrons. The molecule has 0 amide bonds. The summed E-state index contributed by atoms with van der Waals surface area (Å²) >= 11 is 4.71. The van der Waals surface area contributed by atoms with E-state index in [9.17, 15) is 20.0 Å². The van der Waals surface area contributed by atoms with Gasteiger partial charge in [0.15, 0.2) is 23.0 Å². The molecule has 35 heavy (non-hydrogen) atoms. The standard InChI is InChI=1S/C25H22BrNO7S/c1-32-21-12-17(13-22(33-2)25(21)34-3)24(29)23(35-14-15-4-7-18(26)8-5-15)11-16-6-9-19(27(30)31)20(28)10-16/h4-13,28H,14H2,1-3H3/b23-11+. The first-order chi connectivity index (χ1) is 16.8. The van der Waals surface area contributed by atoms with Gasteiger partial charge in [-0.1, -0.05) is 28.1 Å². The van der Waals surface area contributed by atoms with Gasteiger partial charge >= 0.3 is 5.69 Å². The maximum absolute atomic E-state index is 13.6. The molecule has 3 rings (SSSR count). The monoisotopic (exact) mass is 559 g/mol. The molecule has 0 unspecified atom stereocenters. The normalized spacial score (nSPS) is 11.1. The van der Waals surface area contributed by atoms with Gasteiger partial charge in [0.25, 0.3) is 0 Å². The van der Waals surface area contributed by atoms with Gasteiger partial charge in [0.05, 0.1) is 31.2 Å². The van der Waals surface area contributed by atoms with Crippen LogP contribution >= 0.6 is 27.7 Å². The van der Waals surface area contributed by atoms with Gasteiger partial charge in [0.2, 0.25) is 5.75 Å². The zero-order valence-corrected chi connectivity index (χ0v) is 21.5. The van der Waals surface area contributed by atoms with Crippen LogP contribution in [0.3, 0.4) is 0 Å². The number of methoxy groups -OCH3 is 3. The third-order valence-corrected chi connectivity index (χ3v) is 6.57. The number of ketones is 1. The zero-order chi connectivity index (χ0) is 25.5. The van der Waals surface area contributed by atoms with Crippen molar-refractivity contribution >= 4 is 45.2 Å². The van der Waals surface area contributed by atoms with Crippen molar-refractivity contribution in [1.29, 1.82) is 0 Å². The van der Waals surface area contributed by atoms with Crippen LogP contribution in [0.5, 0.6) is 23.0 Å². The highest BCUT2D eigenvalue weighted by molar-refractivity contribution is 9.10. The van der Waals surface area contributed by atoms with E-state index in [0.717, 1.165) is 10.0 Å². The fourth-order valence-corrected chi connectivity index (χ4v) is 4.45. The molecule has 0 atom stereocenters. The fourth-order valence-electron chi connectivity index (χ4n) is 3.20. The lowest BCUT2D eigenvalue weighted by Gasteiger charge is -2.14. The van der Waals surface area contributed by atoms with Gasteiger partial charge in [0.1, 0.15) is 0 Å². The van der Waals surface area contributed by atoms with Crippen LogP contribution in [-0.2, 0) is 5.75 Å². The minimum atomic E-state index is -0.674. The van der Waals surface area contributed by atoms with Crippen LogP contribution in [0.1, 0.15) is 21.5 Å². The van der Waals surface area contributed by atoms with E-state index >= 15 is 0 Å². The zero-order valence-electron chi connectivity index (χ0n) is 19.1. The second-order valence-electron chi connectivity index (χ2n) is 7.17. The van der Waals surface area contributed by atoms with Crippen LogP contribution in [0.15, 0.2) is 64.0 Å². The van der Waals surface area contributed by atoms with Gasteiger partial charge in [0, 0.05) is 21.9 Å². The molecule has 0 heterocycles. The number of carbonyl (C=O) groups excluding carboxylic acids is 1. The Balaban J connectivity index is 2.04. The minimum Gasteiger partial charge on any atom is -0.502 e. The largest absolute Gasteiger partial charge is 0.502 e. The minimum absolute atomic E-state index is 0.306. The molecule has 0 aromatic heterocycles. The number of hydrogen-bond acceptors (Lipinski definition) is 8. The topological polar surface area (TPSA) is 108 Å². The van der Waals surface area contributed by atoms with E-state index in [1.165, 1.54) is 51.3 Å². The Labute approximate surface area is 214 Å². The summed E-state index contributed by atoms with van der Waals surface area (Å²) in [7, 11) is 4.40. The Kier molecular flexibility index (Phi) is 8.78. The van der Waals surface area contributed by atoms with Crippen LogP contribution in [0.25, 0.3) is 6.08 Å². The Hall–Kier alpha value is -3.50. The van der Waals surface area contributed by atoms with E-state index in [4.69, 9.17) is 14.2 Å². The van der Waals surface area contributed by atoms with Crippen molar-refractivity contribution in [2.75, 3.05) is 21.3 Å². The molecule has 1 N–H and O–H groups in total. The average Bonchev–Trinajstić information content (AvgIpc) is 2.85. The number of hydrogen-bond donors (Lipinski definition) is 1. The van der Waals surface area contributed by atoms with E-state index in [1.807, 2.05) is 24.3 Å². The summed E-state index contributed by atoms with van der Waals surface area (Å²) in [5, 5.41) is 21.1. The molecule has 10 heteroatoms. The van der Waals surface area contributed by atoms with Crippen molar-refractivity contribution in [1.82, 2.24) is 0 Å². The summed E-state index contributed by atoms with van der Waals surface area (Å²) in [6.45, 7) is 0. The summed E-state index contributed by atoms with van der Waals surface area (Å²) in [4.78, 5) is 24.3. The van der Waals surface area contributed by atoms with Gasteiger partial charge in [-0.2, -0.15) is 0 Å². The second-order valence-corrected chi connectivity index (χ2v) is 9.10. The van der Waals surface area contributed by atoms with Crippen LogP contribution in [-0.4, -0.2) is 37.1 Å². The average molecular weight is 560 g/mol. The number of allylic oxidation sites excluding steroid dienone is 1. The van der Waals surface area contributed by atoms with Crippen LogP contribution < -0.4 is 14.2 Å². The van der Waals surface area contributed by atoms with E-state index < -0.39 is 16.4 Å². The number of Topliss-reactive ketones (excluding diaryl/α,β-unsaturated/α-hetero) is 1. The third kappa shape index (κ3) is 6.34. The number of halogens is 1. The SMILES string of the molecule is COc1cc(C(=O)/C(=C\c2ccc([N+](=O)[O-])c(O)c2)SCc2ccc(Br)cc2)cc(OC)c1OC. The Morgan fingerprint density at radius 3 is 2.17 bits per heavy atom. The number of nitro groups is 1. The summed E-state index contributed by atoms with van der Waals surface area (Å²) in [5.74, 6) is 0.722. The van der Waals surface area contributed by atoms with Crippen LogP contribution in [0.2, 0.25) is 0 Å². The van der Waals surface area contributed by atoms with Gasteiger partial charge < -0.3 is 19.3 Å². The number of aromatic hydroxyl groups is 1. The number of phenols is 1. The molecule has 0 fully saturated rings.